The third kappa shape index (κ3) is 4.50. The minimum atomic E-state index is -4.43. The average Bonchev–Trinajstić information content (AvgIpc) is 2.28. The van der Waals surface area contributed by atoms with Crippen LogP contribution in [-0.2, 0) is 6.18 Å². The van der Waals surface area contributed by atoms with Crippen LogP contribution in [0.3, 0.4) is 0 Å². The van der Waals surface area contributed by atoms with E-state index in [-0.39, 0.29) is 23.9 Å². The summed E-state index contributed by atoms with van der Waals surface area (Å²) in [6.07, 6.45) is -3.45. The molecular formula is C9H11ClF3N5. The number of hydrogen-bond donors (Lipinski definition) is 3. The molecule has 5 nitrogen and oxygen atoms in total. The van der Waals surface area contributed by atoms with Gasteiger partial charge in [0, 0.05) is 5.56 Å². The van der Waals surface area contributed by atoms with Gasteiger partial charge in [0.2, 0.25) is 5.96 Å². The molecule has 0 amide bonds. The largest absolute Gasteiger partial charge is 0.417 e. The molecule has 0 radical (unpaired) electrons. The Bertz CT molecular complexity index is 444. The number of alkyl halides is 3. The number of rotatable bonds is 2. The van der Waals surface area contributed by atoms with Gasteiger partial charge >= 0.3 is 6.18 Å². The van der Waals surface area contributed by atoms with E-state index in [2.05, 4.69) is 15.6 Å². The molecule has 1 rings (SSSR count). The smallest absolute Gasteiger partial charge is 0.367 e. The molecule has 18 heavy (non-hydrogen) atoms. The fourth-order valence-electron chi connectivity index (χ4n) is 1.06. The molecule has 9 heteroatoms. The van der Waals surface area contributed by atoms with E-state index >= 15 is 0 Å². The molecule has 0 unspecified atom stereocenters. The Kier molecular flexibility index (Phi) is 5.97. The van der Waals surface area contributed by atoms with E-state index in [1.54, 1.807) is 0 Å². The standard InChI is InChI=1S/C9H10F3N5.ClH/c10-9(11,12)7-4-2-1-3-6(7)5-15-17-8(13)16-14;/h1-5H,14H2,(H3,13,16,17);1H. The first-order chi connectivity index (χ1) is 7.95. The van der Waals surface area contributed by atoms with Crippen LogP contribution in [0.2, 0.25) is 0 Å². The van der Waals surface area contributed by atoms with Crippen LogP contribution in [0.25, 0.3) is 0 Å². The number of hydrogen-bond acceptors (Lipinski definition) is 3. The zero-order chi connectivity index (χ0) is 12.9. The van der Waals surface area contributed by atoms with Crippen LogP contribution in [0.1, 0.15) is 11.1 Å². The molecule has 1 aromatic carbocycles. The molecule has 0 bridgehead atoms. The van der Waals surface area contributed by atoms with Gasteiger partial charge in [0.05, 0.1) is 11.8 Å². The van der Waals surface area contributed by atoms with Gasteiger partial charge in [0.15, 0.2) is 0 Å². The summed E-state index contributed by atoms with van der Waals surface area (Å²) in [6.45, 7) is 0. The van der Waals surface area contributed by atoms with Crippen molar-refractivity contribution in [2.24, 2.45) is 21.8 Å². The van der Waals surface area contributed by atoms with Gasteiger partial charge in [0.1, 0.15) is 0 Å². The Hall–Kier alpha value is -1.96. The molecular weight excluding hydrogens is 271 g/mol. The lowest BCUT2D eigenvalue weighted by atomic mass is 10.1. The number of benzene rings is 1. The van der Waals surface area contributed by atoms with Crippen molar-refractivity contribution in [3.63, 3.8) is 0 Å². The van der Waals surface area contributed by atoms with E-state index in [1.165, 1.54) is 18.2 Å². The summed E-state index contributed by atoms with van der Waals surface area (Å²) in [5, 5.41) is 6.51. The Labute approximate surface area is 107 Å². The summed E-state index contributed by atoms with van der Waals surface area (Å²) in [5.41, 5.74) is 6.43. The second kappa shape index (κ2) is 6.70. The minimum Gasteiger partial charge on any atom is -0.367 e. The second-order valence-corrected chi connectivity index (χ2v) is 2.97. The van der Waals surface area contributed by atoms with Gasteiger partial charge in [-0.1, -0.05) is 18.2 Å². The molecule has 0 fully saturated rings. The quantitative estimate of drug-likeness (QED) is 0.330. The lowest BCUT2D eigenvalue weighted by Crippen LogP contribution is -2.28. The van der Waals surface area contributed by atoms with Crippen LogP contribution in [0.4, 0.5) is 13.2 Å². The first-order valence-electron chi connectivity index (χ1n) is 4.44. The first kappa shape index (κ1) is 16.0. The SMILES string of the molecule is Cl.NN=C(N)NN=Cc1ccccc1C(F)(F)F. The van der Waals surface area contributed by atoms with Crippen molar-refractivity contribution in [3.8, 4) is 0 Å². The lowest BCUT2D eigenvalue weighted by Gasteiger charge is -2.09. The Morgan fingerprint density at radius 3 is 2.44 bits per heavy atom. The fraction of sp³-hybridized carbons (Fsp3) is 0.111. The third-order valence-corrected chi connectivity index (χ3v) is 1.79. The molecule has 0 aliphatic rings. The Morgan fingerprint density at radius 1 is 1.28 bits per heavy atom. The molecule has 5 N–H and O–H groups in total. The minimum absolute atomic E-state index is 0. The number of nitrogens with zero attached hydrogens (tertiary/aromatic N) is 2. The maximum atomic E-state index is 12.5. The predicted molar refractivity (Wildman–Crippen MR) is 65.2 cm³/mol. The van der Waals surface area contributed by atoms with Crippen LogP contribution in [0.15, 0.2) is 34.5 Å². The summed E-state index contributed by atoms with van der Waals surface area (Å²) in [5.74, 6) is 4.59. The van der Waals surface area contributed by atoms with Crippen LogP contribution < -0.4 is 17.0 Å². The molecule has 0 aliphatic heterocycles. The number of hydrazone groups is 2. The molecule has 0 spiro atoms. The number of halogens is 4. The van der Waals surface area contributed by atoms with Gasteiger partial charge in [-0.25, -0.2) is 5.43 Å². The normalized spacial score (nSPS) is 12.3. The van der Waals surface area contributed by atoms with Crippen molar-refractivity contribution in [1.29, 1.82) is 0 Å². The molecule has 0 saturated heterocycles. The highest BCUT2D eigenvalue weighted by Crippen LogP contribution is 2.30. The van der Waals surface area contributed by atoms with Crippen LogP contribution in [-0.4, -0.2) is 12.2 Å². The molecule has 100 valence electrons. The maximum Gasteiger partial charge on any atom is 0.417 e. The first-order valence-corrected chi connectivity index (χ1v) is 4.44. The fourth-order valence-corrected chi connectivity index (χ4v) is 1.06. The molecule has 0 aliphatic carbocycles. The summed E-state index contributed by atoms with van der Waals surface area (Å²) in [4.78, 5) is 0. The Morgan fingerprint density at radius 2 is 1.89 bits per heavy atom. The third-order valence-electron chi connectivity index (χ3n) is 1.79. The van der Waals surface area contributed by atoms with Crippen molar-refractivity contribution < 1.29 is 13.2 Å². The van der Waals surface area contributed by atoms with Crippen LogP contribution in [0, 0.1) is 0 Å². The van der Waals surface area contributed by atoms with Gasteiger partial charge in [-0.15, -0.1) is 17.5 Å². The van der Waals surface area contributed by atoms with Crippen LogP contribution >= 0.6 is 12.4 Å². The Balaban J connectivity index is 0.00000289. The highest BCUT2D eigenvalue weighted by Gasteiger charge is 2.32. The molecule has 0 atom stereocenters. The molecule has 0 saturated carbocycles. The van der Waals surface area contributed by atoms with E-state index in [1.807, 2.05) is 0 Å². The van der Waals surface area contributed by atoms with E-state index in [9.17, 15) is 13.2 Å². The van der Waals surface area contributed by atoms with E-state index in [0.717, 1.165) is 12.3 Å². The zero-order valence-corrected chi connectivity index (χ0v) is 9.79. The molecule has 0 aromatic heterocycles. The van der Waals surface area contributed by atoms with E-state index in [4.69, 9.17) is 11.6 Å². The van der Waals surface area contributed by atoms with Gasteiger partial charge < -0.3 is 11.6 Å². The predicted octanol–water partition coefficient (Wildman–Crippen LogP) is 1.24. The molecule has 0 heterocycles. The monoisotopic (exact) mass is 281 g/mol. The summed E-state index contributed by atoms with van der Waals surface area (Å²) < 4.78 is 37.6. The molecule has 1 aromatic rings. The zero-order valence-electron chi connectivity index (χ0n) is 8.98. The second-order valence-electron chi connectivity index (χ2n) is 2.97. The maximum absolute atomic E-state index is 12.5. The van der Waals surface area contributed by atoms with Gasteiger partial charge in [-0.05, 0) is 6.07 Å². The van der Waals surface area contributed by atoms with E-state index < -0.39 is 11.7 Å². The van der Waals surface area contributed by atoms with Crippen molar-refractivity contribution >= 4 is 24.6 Å². The van der Waals surface area contributed by atoms with Gasteiger partial charge in [0.25, 0.3) is 0 Å². The highest BCUT2D eigenvalue weighted by molar-refractivity contribution is 5.85. The van der Waals surface area contributed by atoms with Crippen molar-refractivity contribution in [1.82, 2.24) is 5.43 Å². The van der Waals surface area contributed by atoms with Crippen LogP contribution in [0.5, 0.6) is 0 Å². The average molecular weight is 282 g/mol. The highest BCUT2D eigenvalue weighted by atomic mass is 35.5. The van der Waals surface area contributed by atoms with Gasteiger partial charge in [-0.2, -0.15) is 18.3 Å². The van der Waals surface area contributed by atoms with Crippen molar-refractivity contribution in [2.45, 2.75) is 6.18 Å². The summed E-state index contributed by atoms with van der Waals surface area (Å²) in [7, 11) is 0. The van der Waals surface area contributed by atoms with Crippen molar-refractivity contribution in [3.05, 3.63) is 35.4 Å². The van der Waals surface area contributed by atoms with Gasteiger partial charge in [-0.3, -0.25) is 0 Å². The number of nitrogens with one attached hydrogen (secondary N) is 1. The number of nitrogens with two attached hydrogens (primary N) is 2. The summed E-state index contributed by atoms with van der Waals surface area (Å²) >= 11 is 0. The summed E-state index contributed by atoms with van der Waals surface area (Å²) in [6, 6.07) is 5.01. The topological polar surface area (TPSA) is 88.8 Å². The number of guanidine groups is 1. The lowest BCUT2D eigenvalue weighted by molar-refractivity contribution is -0.137. The van der Waals surface area contributed by atoms with E-state index in [0.29, 0.717) is 0 Å². The van der Waals surface area contributed by atoms with Crippen molar-refractivity contribution in [2.75, 3.05) is 0 Å².